The Kier molecular flexibility index (Phi) is 6.03. The molecular formula is C20H20BClF4N2O3. The molecule has 1 heterocycles. The zero-order valence-corrected chi connectivity index (χ0v) is 17.9. The maximum atomic E-state index is 13.8. The van der Waals surface area contributed by atoms with E-state index in [1.165, 1.54) is 6.07 Å². The Bertz CT molecular complexity index is 998. The van der Waals surface area contributed by atoms with Crippen molar-refractivity contribution in [3.05, 3.63) is 52.8 Å². The Labute approximate surface area is 182 Å². The maximum absolute atomic E-state index is 13.8. The second-order valence-corrected chi connectivity index (χ2v) is 8.51. The van der Waals surface area contributed by atoms with E-state index in [0.717, 1.165) is 0 Å². The summed E-state index contributed by atoms with van der Waals surface area (Å²) in [5, 5.41) is 4.58. The summed E-state index contributed by atoms with van der Waals surface area (Å²) in [4.78, 5) is 12.2. The van der Waals surface area contributed by atoms with Crippen LogP contribution in [0.3, 0.4) is 0 Å². The van der Waals surface area contributed by atoms with Crippen molar-refractivity contribution in [2.45, 2.75) is 45.1 Å². The molecule has 0 atom stereocenters. The van der Waals surface area contributed by atoms with Gasteiger partial charge in [0.2, 0.25) is 0 Å². The highest BCUT2D eigenvalue weighted by atomic mass is 35.5. The lowest BCUT2D eigenvalue weighted by molar-refractivity contribution is -0.137. The molecule has 5 nitrogen and oxygen atoms in total. The number of benzene rings is 2. The average Bonchev–Trinajstić information content (AvgIpc) is 2.85. The summed E-state index contributed by atoms with van der Waals surface area (Å²) in [6.07, 6.45) is -4.67. The Hall–Kier alpha value is -2.30. The van der Waals surface area contributed by atoms with E-state index in [1.54, 1.807) is 12.1 Å². The molecule has 0 bridgehead atoms. The highest BCUT2D eigenvalue weighted by Gasteiger charge is 2.51. The monoisotopic (exact) mass is 458 g/mol. The summed E-state index contributed by atoms with van der Waals surface area (Å²) in [6.45, 7) is 7.62. The quantitative estimate of drug-likeness (QED) is 0.476. The molecule has 166 valence electrons. The second-order valence-electron chi connectivity index (χ2n) is 8.10. The van der Waals surface area contributed by atoms with Gasteiger partial charge in [0, 0.05) is 0 Å². The van der Waals surface area contributed by atoms with E-state index in [-0.39, 0.29) is 10.7 Å². The molecular weight excluding hydrogens is 438 g/mol. The van der Waals surface area contributed by atoms with Crippen LogP contribution in [0.2, 0.25) is 5.02 Å². The third kappa shape index (κ3) is 4.97. The fourth-order valence-corrected chi connectivity index (χ4v) is 3.07. The van der Waals surface area contributed by atoms with Gasteiger partial charge in [0.1, 0.15) is 5.82 Å². The first-order valence-corrected chi connectivity index (χ1v) is 9.67. The van der Waals surface area contributed by atoms with Gasteiger partial charge in [0.05, 0.1) is 33.2 Å². The van der Waals surface area contributed by atoms with Crippen molar-refractivity contribution in [2.75, 3.05) is 10.6 Å². The van der Waals surface area contributed by atoms with Crippen LogP contribution in [0.4, 0.5) is 33.7 Å². The zero-order valence-electron chi connectivity index (χ0n) is 17.2. The molecule has 0 spiro atoms. The van der Waals surface area contributed by atoms with Crippen LogP contribution in [-0.2, 0) is 15.5 Å². The van der Waals surface area contributed by atoms with Crippen LogP contribution in [0.1, 0.15) is 33.3 Å². The van der Waals surface area contributed by atoms with E-state index in [1.807, 2.05) is 27.7 Å². The zero-order chi connectivity index (χ0) is 23.2. The van der Waals surface area contributed by atoms with Crippen molar-refractivity contribution in [3.8, 4) is 0 Å². The number of amides is 2. The lowest BCUT2D eigenvalue weighted by Crippen LogP contribution is -2.41. The molecule has 2 N–H and O–H groups in total. The van der Waals surface area contributed by atoms with E-state index in [0.29, 0.717) is 23.7 Å². The normalized spacial score (nSPS) is 17.5. The van der Waals surface area contributed by atoms with Crippen molar-refractivity contribution < 1.29 is 31.7 Å². The van der Waals surface area contributed by atoms with Crippen molar-refractivity contribution in [3.63, 3.8) is 0 Å². The van der Waals surface area contributed by atoms with Gasteiger partial charge in [-0.1, -0.05) is 17.7 Å². The van der Waals surface area contributed by atoms with Gasteiger partial charge in [-0.3, -0.25) is 0 Å². The SMILES string of the molecule is CC1(C)OB(c2ccc(NC(=O)Nc3cc(C(F)(F)F)ccc3F)c(Cl)c2)OC1(C)C. The topological polar surface area (TPSA) is 59.6 Å². The molecule has 1 saturated heterocycles. The fraction of sp³-hybridized carbons (Fsp3) is 0.350. The highest BCUT2D eigenvalue weighted by molar-refractivity contribution is 6.62. The Morgan fingerprint density at radius 2 is 1.55 bits per heavy atom. The summed E-state index contributed by atoms with van der Waals surface area (Å²) in [7, 11) is -0.662. The van der Waals surface area contributed by atoms with E-state index < -0.39 is 47.6 Å². The minimum Gasteiger partial charge on any atom is -0.399 e. The van der Waals surface area contributed by atoms with Crippen molar-refractivity contribution in [2.24, 2.45) is 0 Å². The molecule has 1 aliphatic rings. The Morgan fingerprint density at radius 3 is 2.10 bits per heavy atom. The Morgan fingerprint density at radius 1 is 0.968 bits per heavy atom. The Balaban J connectivity index is 1.72. The van der Waals surface area contributed by atoms with Crippen LogP contribution in [-0.4, -0.2) is 24.4 Å². The molecule has 11 heteroatoms. The molecule has 0 radical (unpaired) electrons. The standard InChI is InChI=1S/C20H20BClF4N2O3/c1-18(2)19(3,4)31-21(30-18)12-6-8-15(13(22)10-12)27-17(29)28-16-9-11(20(24,25)26)5-7-14(16)23/h5-10H,1-4H3,(H2,27,28,29). The van der Waals surface area contributed by atoms with Crippen LogP contribution in [0, 0.1) is 5.82 Å². The summed E-state index contributed by atoms with van der Waals surface area (Å²) >= 11 is 6.24. The van der Waals surface area contributed by atoms with E-state index >= 15 is 0 Å². The van der Waals surface area contributed by atoms with Gasteiger partial charge in [0.25, 0.3) is 0 Å². The van der Waals surface area contributed by atoms with Gasteiger partial charge in [-0.25, -0.2) is 9.18 Å². The largest absolute Gasteiger partial charge is 0.494 e. The molecule has 1 aliphatic heterocycles. The van der Waals surface area contributed by atoms with Gasteiger partial charge in [-0.2, -0.15) is 13.2 Å². The first-order valence-electron chi connectivity index (χ1n) is 9.29. The number of carbonyl (C=O) groups is 1. The predicted octanol–water partition coefficient (Wildman–Crippen LogP) is 5.44. The van der Waals surface area contributed by atoms with Crippen molar-refractivity contribution in [1.29, 1.82) is 0 Å². The predicted molar refractivity (Wildman–Crippen MR) is 111 cm³/mol. The van der Waals surface area contributed by atoms with E-state index in [9.17, 15) is 22.4 Å². The van der Waals surface area contributed by atoms with Gasteiger partial charge in [0.15, 0.2) is 0 Å². The summed E-state index contributed by atoms with van der Waals surface area (Å²) in [6, 6.07) is 5.44. The van der Waals surface area contributed by atoms with E-state index in [4.69, 9.17) is 20.9 Å². The van der Waals surface area contributed by atoms with Gasteiger partial charge in [-0.05, 0) is 63.5 Å². The van der Waals surface area contributed by atoms with Crippen molar-refractivity contribution >= 4 is 41.6 Å². The summed E-state index contributed by atoms with van der Waals surface area (Å²) in [5.41, 5.74) is -2.00. The molecule has 0 aliphatic carbocycles. The summed E-state index contributed by atoms with van der Waals surface area (Å²) < 4.78 is 64.1. The molecule has 0 aromatic heterocycles. The maximum Gasteiger partial charge on any atom is 0.494 e. The van der Waals surface area contributed by atoms with Crippen molar-refractivity contribution in [1.82, 2.24) is 0 Å². The minimum atomic E-state index is -4.67. The average molecular weight is 459 g/mol. The molecule has 1 fully saturated rings. The molecule has 0 saturated carbocycles. The third-order valence-corrected chi connectivity index (χ3v) is 5.62. The second kappa shape index (κ2) is 8.00. The highest BCUT2D eigenvalue weighted by Crippen LogP contribution is 2.37. The van der Waals surface area contributed by atoms with Crippen LogP contribution in [0.25, 0.3) is 0 Å². The molecule has 2 aromatic carbocycles. The molecule has 3 rings (SSSR count). The molecule has 31 heavy (non-hydrogen) atoms. The van der Waals surface area contributed by atoms with Gasteiger partial charge in [-0.15, -0.1) is 0 Å². The number of hydrogen-bond acceptors (Lipinski definition) is 3. The van der Waals surface area contributed by atoms with Crippen LogP contribution >= 0.6 is 11.6 Å². The first-order chi connectivity index (χ1) is 14.2. The number of rotatable bonds is 3. The van der Waals surface area contributed by atoms with E-state index in [2.05, 4.69) is 10.6 Å². The smallest absolute Gasteiger partial charge is 0.399 e. The molecule has 2 amide bonds. The third-order valence-electron chi connectivity index (χ3n) is 5.31. The molecule has 0 unspecified atom stereocenters. The molecule has 2 aromatic rings. The lowest BCUT2D eigenvalue weighted by atomic mass is 9.79. The van der Waals surface area contributed by atoms with Gasteiger partial charge >= 0.3 is 19.3 Å². The number of alkyl halides is 3. The number of halogens is 5. The first kappa shape index (κ1) is 23.4. The number of urea groups is 1. The number of carbonyl (C=O) groups excluding carboxylic acids is 1. The number of anilines is 2. The lowest BCUT2D eigenvalue weighted by Gasteiger charge is -2.32. The number of nitrogens with one attached hydrogen (secondary N) is 2. The summed E-state index contributed by atoms with van der Waals surface area (Å²) in [5.74, 6) is -1.01. The fourth-order valence-electron chi connectivity index (χ4n) is 2.83. The van der Waals surface area contributed by atoms with Crippen LogP contribution in [0.15, 0.2) is 36.4 Å². The minimum absolute atomic E-state index is 0.145. The number of hydrogen-bond donors (Lipinski definition) is 2. The van der Waals surface area contributed by atoms with Crippen LogP contribution < -0.4 is 16.1 Å². The van der Waals surface area contributed by atoms with Crippen LogP contribution in [0.5, 0.6) is 0 Å². The van der Waals surface area contributed by atoms with Gasteiger partial charge < -0.3 is 19.9 Å².